The average molecular weight is 319 g/mol. The van der Waals surface area contributed by atoms with Crippen molar-refractivity contribution in [3.63, 3.8) is 0 Å². The van der Waals surface area contributed by atoms with Crippen molar-refractivity contribution in [2.75, 3.05) is 26.9 Å². The Balaban J connectivity index is 1.80. The molecule has 8 heteroatoms. The highest BCUT2D eigenvalue weighted by Crippen LogP contribution is 2.28. The second-order valence-electron chi connectivity index (χ2n) is 5.59. The Labute approximate surface area is 133 Å². The Bertz CT molecular complexity index is 629. The number of ether oxygens (including phenoxy) is 1. The van der Waals surface area contributed by atoms with Crippen molar-refractivity contribution >= 4 is 5.71 Å². The average Bonchev–Trinajstić information content (AvgIpc) is 3.18. The molecule has 1 aromatic carbocycles. The van der Waals surface area contributed by atoms with Crippen molar-refractivity contribution in [2.24, 2.45) is 16.2 Å². The Kier molecular flexibility index (Phi) is 4.76. The van der Waals surface area contributed by atoms with E-state index in [1.807, 2.05) is 24.3 Å². The van der Waals surface area contributed by atoms with Crippen LogP contribution in [0.25, 0.3) is 10.4 Å². The van der Waals surface area contributed by atoms with Gasteiger partial charge in [-0.3, -0.25) is 4.39 Å². The minimum atomic E-state index is -0.883. The van der Waals surface area contributed by atoms with E-state index >= 15 is 0 Å². The van der Waals surface area contributed by atoms with E-state index in [9.17, 15) is 4.39 Å². The van der Waals surface area contributed by atoms with Gasteiger partial charge in [0.15, 0.2) is 0 Å². The first-order valence-electron chi connectivity index (χ1n) is 7.46. The van der Waals surface area contributed by atoms with Gasteiger partial charge < -0.3 is 14.9 Å². The minimum Gasteiger partial charge on any atom is -0.390 e. The van der Waals surface area contributed by atoms with Crippen molar-refractivity contribution < 1.29 is 14.0 Å². The third-order valence-corrected chi connectivity index (χ3v) is 4.29. The first-order valence-corrected chi connectivity index (χ1v) is 7.46. The topological polar surface area (TPSA) is 91.6 Å². The van der Waals surface area contributed by atoms with E-state index in [4.69, 9.17) is 15.1 Å². The van der Waals surface area contributed by atoms with Gasteiger partial charge in [-0.25, -0.2) is 0 Å². The van der Waals surface area contributed by atoms with Gasteiger partial charge in [0, 0.05) is 25.1 Å². The lowest BCUT2D eigenvalue weighted by atomic mass is 9.93. The molecule has 2 aliphatic heterocycles. The van der Waals surface area contributed by atoms with E-state index in [2.05, 4.69) is 20.5 Å². The Morgan fingerprint density at radius 3 is 2.91 bits per heavy atom. The molecule has 0 radical (unpaired) electrons. The molecule has 2 aliphatic rings. The number of halogens is 1. The normalized spacial score (nSPS) is 25.0. The third-order valence-electron chi connectivity index (χ3n) is 4.29. The number of methoxy groups -OCH3 is 1. The minimum absolute atomic E-state index is 0.109. The lowest BCUT2D eigenvalue weighted by Crippen LogP contribution is -2.22. The van der Waals surface area contributed by atoms with Crippen LogP contribution in [-0.4, -0.2) is 44.7 Å². The molecule has 0 aliphatic carbocycles. The first-order chi connectivity index (χ1) is 11.3. The number of oxime groups is 1. The van der Waals surface area contributed by atoms with E-state index in [-0.39, 0.29) is 12.0 Å². The highest BCUT2D eigenvalue weighted by atomic mass is 19.1. The molecule has 4 atom stereocenters. The zero-order valence-electron chi connectivity index (χ0n) is 12.7. The summed E-state index contributed by atoms with van der Waals surface area (Å²) in [7, 11) is 1.47. The predicted molar refractivity (Wildman–Crippen MR) is 82.9 cm³/mol. The standard InChI is InChI=1S/C15H18FN5O2/c1-22-15(12(6-16)19-21-17)10-4-2-9(3-5-10)14-11-7-18-8-13(11)23-20-14/h2-5,11-13,15,18H,6-8H2,1H3/t11?,12-,13?,15-/m1/s1. The summed E-state index contributed by atoms with van der Waals surface area (Å²) >= 11 is 0. The van der Waals surface area contributed by atoms with Gasteiger partial charge in [0.2, 0.25) is 0 Å². The Hall–Kier alpha value is -2.15. The van der Waals surface area contributed by atoms with Gasteiger partial charge in [-0.1, -0.05) is 34.5 Å². The maximum atomic E-state index is 13.1. The SMILES string of the molecule is CO[C@H](c1ccc(C2=NOC3CNCC23)cc1)[C@@H](CF)N=[N+]=[N-]. The molecule has 2 unspecified atom stereocenters. The number of rotatable bonds is 6. The van der Waals surface area contributed by atoms with Gasteiger partial charge in [0.25, 0.3) is 0 Å². The van der Waals surface area contributed by atoms with Crippen molar-refractivity contribution in [1.82, 2.24) is 5.32 Å². The highest BCUT2D eigenvalue weighted by Gasteiger charge is 2.38. The highest BCUT2D eigenvalue weighted by molar-refractivity contribution is 6.03. The summed E-state index contributed by atoms with van der Waals surface area (Å²) in [4.78, 5) is 8.11. The number of hydrogen-bond donors (Lipinski definition) is 1. The lowest BCUT2D eigenvalue weighted by Gasteiger charge is -2.20. The van der Waals surface area contributed by atoms with Gasteiger partial charge in [0.1, 0.15) is 12.8 Å². The Morgan fingerprint density at radius 2 is 2.26 bits per heavy atom. The summed E-state index contributed by atoms with van der Waals surface area (Å²) in [5.74, 6) is 0.265. The maximum Gasteiger partial charge on any atom is 0.149 e. The van der Waals surface area contributed by atoms with Crippen molar-refractivity contribution in [3.05, 3.63) is 45.8 Å². The van der Waals surface area contributed by atoms with Gasteiger partial charge in [-0.2, -0.15) is 0 Å². The van der Waals surface area contributed by atoms with E-state index in [1.54, 1.807) is 0 Å². The molecule has 3 rings (SSSR count). The quantitative estimate of drug-likeness (QED) is 0.495. The molecule has 23 heavy (non-hydrogen) atoms. The van der Waals surface area contributed by atoms with Crippen LogP contribution in [0.2, 0.25) is 0 Å². The number of hydrogen-bond acceptors (Lipinski definition) is 5. The molecular weight excluding hydrogens is 301 g/mol. The summed E-state index contributed by atoms with van der Waals surface area (Å²) in [6, 6.07) is 6.63. The fourth-order valence-corrected chi connectivity index (χ4v) is 3.09. The molecule has 2 heterocycles. The summed E-state index contributed by atoms with van der Waals surface area (Å²) in [6.45, 7) is 0.888. The predicted octanol–water partition coefficient (Wildman–Crippen LogP) is 2.34. The number of benzene rings is 1. The van der Waals surface area contributed by atoms with E-state index in [0.29, 0.717) is 0 Å². The number of nitrogens with zero attached hydrogens (tertiary/aromatic N) is 4. The summed E-state index contributed by atoms with van der Waals surface area (Å²) in [5, 5.41) is 10.9. The number of nitrogens with one attached hydrogen (secondary N) is 1. The molecule has 0 bridgehead atoms. The molecule has 0 aromatic heterocycles. The van der Waals surface area contributed by atoms with Crippen LogP contribution in [0.5, 0.6) is 0 Å². The van der Waals surface area contributed by atoms with Crippen LogP contribution in [-0.2, 0) is 9.57 Å². The molecule has 1 fully saturated rings. The number of azide groups is 1. The maximum absolute atomic E-state index is 13.1. The fourth-order valence-electron chi connectivity index (χ4n) is 3.09. The zero-order valence-corrected chi connectivity index (χ0v) is 12.7. The Morgan fingerprint density at radius 1 is 1.48 bits per heavy atom. The van der Waals surface area contributed by atoms with Gasteiger partial charge in [0.05, 0.1) is 23.8 Å². The lowest BCUT2D eigenvalue weighted by molar-refractivity contribution is 0.0722. The van der Waals surface area contributed by atoms with Crippen LogP contribution in [0, 0.1) is 5.92 Å². The van der Waals surface area contributed by atoms with Crippen LogP contribution >= 0.6 is 0 Å². The van der Waals surface area contributed by atoms with Crippen molar-refractivity contribution in [1.29, 1.82) is 0 Å². The monoisotopic (exact) mass is 319 g/mol. The number of fused-ring (bicyclic) bond motifs is 1. The zero-order chi connectivity index (χ0) is 16.2. The van der Waals surface area contributed by atoms with Gasteiger partial charge >= 0.3 is 0 Å². The molecule has 0 saturated carbocycles. The van der Waals surface area contributed by atoms with Crippen LogP contribution in [0.3, 0.4) is 0 Å². The summed E-state index contributed by atoms with van der Waals surface area (Å²) in [5.41, 5.74) is 11.2. The van der Waals surface area contributed by atoms with Crippen LogP contribution in [0.4, 0.5) is 4.39 Å². The summed E-state index contributed by atoms with van der Waals surface area (Å²) < 4.78 is 18.4. The summed E-state index contributed by atoms with van der Waals surface area (Å²) in [6.07, 6.45) is -0.509. The molecule has 7 nitrogen and oxygen atoms in total. The molecular formula is C15H18FN5O2. The largest absolute Gasteiger partial charge is 0.390 e. The third kappa shape index (κ3) is 3.01. The molecule has 1 N–H and O–H groups in total. The smallest absolute Gasteiger partial charge is 0.149 e. The molecule has 1 aromatic rings. The first kappa shape index (κ1) is 15.7. The van der Waals surface area contributed by atoms with Crippen LogP contribution < -0.4 is 5.32 Å². The molecule has 1 saturated heterocycles. The van der Waals surface area contributed by atoms with Gasteiger partial charge in [-0.05, 0) is 16.7 Å². The molecule has 122 valence electrons. The second-order valence-corrected chi connectivity index (χ2v) is 5.59. The van der Waals surface area contributed by atoms with E-state index < -0.39 is 18.8 Å². The van der Waals surface area contributed by atoms with E-state index in [0.717, 1.165) is 29.9 Å². The fraction of sp³-hybridized carbons (Fsp3) is 0.533. The van der Waals surface area contributed by atoms with Crippen molar-refractivity contribution in [3.8, 4) is 0 Å². The molecule has 0 spiro atoms. The van der Waals surface area contributed by atoms with Gasteiger partial charge in [-0.15, -0.1) is 0 Å². The second kappa shape index (κ2) is 6.95. The van der Waals surface area contributed by atoms with Crippen molar-refractivity contribution in [2.45, 2.75) is 18.2 Å². The number of alkyl halides is 1. The molecule has 0 amide bonds. The van der Waals surface area contributed by atoms with E-state index in [1.165, 1.54) is 7.11 Å². The van der Waals surface area contributed by atoms with Crippen LogP contribution in [0.1, 0.15) is 17.2 Å². The van der Waals surface area contributed by atoms with Crippen LogP contribution in [0.15, 0.2) is 34.5 Å².